The molecule has 0 saturated carbocycles. The van der Waals surface area contributed by atoms with Crippen molar-refractivity contribution in [1.82, 2.24) is 30.8 Å². The zero-order valence-electron chi connectivity index (χ0n) is 12.3. The summed E-state index contributed by atoms with van der Waals surface area (Å²) in [6.07, 6.45) is 3.83. The van der Waals surface area contributed by atoms with E-state index in [1.54, 1.807) is 0 Å². The third-order valence-electron chi connectivity index (χ3n) is 4.14. The number of likely N-dealkylation sites (tertiary alicyclic amines) is 1. The topological polar surface area (TPSA) is 69.7 Å². The molecule has 19 heavy (non-hydrogen) atoms. The van der Waals surface area contributed by atoms with Gasteiger partial charge in [-0.15, -0.1) is 10.2 Å². The summed E-state index contributed by atoms with van der Waals surface area (Å²) < 4.78 is 0. The van der Waals surface area contributed by atoms with Gasteiger partial charge in [0.05, 0.1) is 6.04 Å². The number of aromatic amines is 1. The van der Waals surface area contributed by atoms with Crippen LogP contribution in [0.1, 0.15) is 51.9 Å². The van der Waals surface area contributed by atoms with Gasteiger partial charge in [-0.3, -0.25) is 0 Å². The minimum absolute atomic E-state index is 0.155. The van der Waals surface area contributed by atoms with Crippen LogP contribution in [0.4, 0.5) is 0 Å². The lowest BCUT2D eigenvalue weighted by atomic mass is 9.90. The van der Waals surface area contributed by atoms with Crippen LogP contribution in [0.25, 0.3) is 0 Å². The second-order valence-corrected chi connectivity index (χ2v) is 5.63. The highest BCUT2D eigenvalue weighted by molar-refractivity contribution is 4.89. The number of nitrogens with zero attached hydrogens (tertiary/aromatic N) is 4. The molecule has 2 heterocycles. The molecular weight excluding hydrogens is 240 g/mol. The minimum Gasteiger partial charge on any atom is -0.305 e. The number of nitrogens with one attached hydrogen (secondary N) is 2. The summed E-state index contributed by atoms with van der Waals surface area (Å²) >= 11 is 0. The summed E-state index contributed by atoms with van der Waals surface area (Å²) in [5.41, 5.74) is 0. The molecule has 108 valence electrons. The number of hydrogen-bond acceptors (Lipinski definition) is 5. The fraction of sp³-hybridized carbons (Fsp3) is 0.923. The van der Waals surface area contributed by atoms with Crippen LogP contribution in [-0.2, 0) is 0 Å². The van der Waals surface area contributed by atoms with E-state index < -0.39 is 0 Å². The smallest absolute Gasteiger partial charge is 0.191 e. The fourth-order valence-corrected chi connectivity index (χ4v) is 2.95. The van der Waals surface area contributed by atoms with Crippen LogP contribution in [0.15, 0.2) is 0 Å². The zero-order chi connectivity index (χ0) is 13.7. The summed E-state index contributed by atoms with van der Waals surface area (Å²) in [5.74, 6) is 1.50. The first-order chi connectivity index (χ1) is 9.20. The third kappa shape index (κ3) is 3.98. The van der Waals surface area contributed by atoms with Crippen molar-refractivity contribution in [3.05, 3.63) is 5.82 Å². The average molecular weight is 266 g/mol. The van der Waals surface area contributed by atoms with Crippen molar-refractivity contribution in [3.8, 4) is 0 Å². The Morgan fingerprint density at radius 3 is 2.68 bits per heavy atom. The SMILES string of the molecule is CCCN1CCC(C(C)NC(C)c2nn[nH]n2)CC1. The normalized spacial score (nSPS) is 21.4. The van der Waals surface area contributed by atoms with Crippen molar-refractivity contribution >= 4 is 0 Å². The largest absolute Gasteiger partial charge is 0.305 e. The molecule has 6 heteroatoms. The predicted molar refractivity (Wildman–Crippen MR) is 74.6 cm³/mol. The Balaban J connectivity index is 1.76. The zero-order valence-corrected chi connectivity index (χ0v) is 12.3. The molecule has 2 unspecified atom stereocenters. The summed E-state index contributed by atoms with van der Waals surface area (Å²) in [6.45, 7) is 10.3. The lowest BCUT2D eigenvalue weighted by molar-refractivity contribution is 0.159. The van der Waals surface area contributed by atoms with Crippen LogP contribution in [0.5, 0.6) is 0 Å². The average Bonchev–Trinajstić information content (AvgIpc) is 2.94. The Kier molecular flexibility index (Phi) is 5.27. The second kappa shape index (κ2) is 6.96. The molecule has 1 aliphatic heterocycles. The molecule has 1 aromatic heterocycles. The molecule has 0 aromatic carbocycles. The molecule has 0 spiro atoms. The van der Waals surface area contributed by atoms with Crippen molar-refractivity contribution in [1.29, 1.82) is 0 Å². The maximum Gasteiger partial charge on any atom is 0.191 e. The van der Waals surface area contributed by atoms with E-state index in [-0.39, 0.29) is 6.04 Å². The molecule has 0 aliphatic carbocycles. The highest BCUT2D eigenvalue weighted by Gasteiger charge is 2.25. The summed E-state index contributed by atoms with van der Waals surface area (Å²) in [7, 11) is 0. The number of aromatic nitrogens is 4. The number of hydrogen-bond donors (Lipinski definition) is 2. The highest BCUT2D eigenvalue weighted by Crippen LogP contribution is 2.22. The molecule has 2 rings (SSSR count). The van der Waals surface area contributed by atoms with Gasteiger partial charge < -0.3 is 10.2 Å². The Morgan fingerprint density at radius 2 is 2.11 bits per heavy atom. The third-order valence-corrected chi connectivity index (χ3v) is 4.14. The van der Waals surface area contributed by atoms with Crippen molar-refractivity contribution in [2.45, 2.75) is 52.1 Å². The van der Waals surface area contributed by atoms with E-state index in [4.69, 9.17) is 0 Å². The number of piperidine rings is 1. The van der Waals surface area contributed by atoms with Crippen LogP contribution in [0, 0.1) is 5.92 Å². The van der Waals surface area contributed by atoms with Gasteiger partial charge in [-0.05, 0) is 58.7 Å². The lowest BCUT2D eigenvalue weighted by Crippen LogP contribution is -2.43. The van der Waals surface area contributed by atoms with Gasteiger partial charge >= 0.3 is 0 Å². The van der Waals surface area contributed by atoms with Gasteiger partial charge in [0.2, 0.25) is 0 Å². The summed E-state index contributed by atoms with van der Waals surface area (Å²) in [6, 6.07) is 0.652. The van der Waals surface area contributed by atoms with Crippen molar-refractivity contribution in [2.24, 2.45) is 5.92 Å². The molecule has 1 aromatic rings. The second-order valence-electron chi connectivity index (χ2n) is 5.63. The highest BCUT2D eigenvalue weighted by atomic mass is 15.5. The maximum atomic E-state index is 4.03. The van der Waals surface area contributed by atoms with Crippen LogP contribution in [0.2, 0.25) is 0 Å². The predicted octanol–water partition coefficient (Wildman–Crippen LogP) is 1.36. The van der Waals surface area contributed by atoms with E-state index in [1.807, 2.05) is 0 Å². The van der Waals surface area contributed by atoms with E-state index in [9.17, 15) is 0 Å². The number of H-pyrrole nitrogens is 1. The molecule has 0 amide bonds. The minimum atomic E-state index is 0.155. The maximum absolute atomic E-state index is 4.03. The molecule has 2 N–H and O–H groups in total. The Bertz CT molecular complexity index is 344. The Labute approximate surface area is 115 Å². The van der Waals surface area contributed by atoms with Gasteiger partial charge in [-0.1, -0.05) is 12.1 Å². The fourth-order valence-electron chi connectivity index (χ4n) is 2.95. The van der Waals surface area contributed by atoms with E-state index >= 15 is 0 Å². The molecule has 1 saturated heterocycles. The van der Waals surface area contributed by atoms with Gasteiger partial charge in [0.25, 0.3) is 0 Å². The Morgan fingerprint density at radius 1 is 1.37 bits per heavy atom. The Hall–Kier alpha value is -1.01. The summed E-state index contributed by atoms with van der Waals surface area (Å²) in [4.78, 5) is 2.58. The monoisotopic (exact) mass is 266 g/mol. The van der Waals surface area contributed by atoms with E-state index in [0.717, 1.165) is 11.7 Å². The number of rotatable bonds is 6. The summed E-state index contributed by atoms with van der Waals surface area (Å²) in [5, 5.41) is 17.8. The first-order valence-electron chi connectivity index (χ1n) is 7.42. The van der Waals surface area contributed by atoms with Crippen LogP contribution < -0.4 is 5.32 Å². The van der Waals surface area contributed by atoms with Gasteiger partial charge in [-0.25, -0.2) is 0 Å². The molecule has 6 nitrogen and oxygen atoms in total. The molecular formula is C13H26N6. The van der Waals surface area contributed by atoms with Crippen LogP contribution >= 0.6 is 0 Å². The van der Waals surface area contributed by atoms with Gasteiger partial charge in [0.15, 0.2) is 5.82 Å². The van der Waals surface area contributed by atoms with Crippen LogP contribution in [0.3, 0.4) is 0 Å². The van der Waals surface area contributed by atoms with Gasteiger partial charge in [-0.2, -0.15) is 5.21 Å². The van der Waals surface area contributed by atoms with Crippen molar-refractivity contribution < 1.29 is 0 Å². The van der Waals surface area contributed by atoms with Gasteiger partial charge in [0, 0.05) is 6.04 Å². The lowest BCUT2D eigenvalue weighted by Gasteiger charge is -2.35. The van der Waals surface area contributed by atoms with E-state index in [0.29, 0.717) is 6.04 Å². The standard InChI is InChI=1S/C13H26N6/c1-4-7-19-8-5-12(6-9-19)10(2)14-11(3)13-15-17-18-16-13/h10-12,14H,4-9H2,1-3H3,(H,15,16,17,18). The molecule has 0 radical (unpaired) electrons. The van der Waals surface area contributed by atoms with Crippen molar-refractivity contribution in [3.63, 3.8) is 0 Å². The van der Waals surface area contributed by atoms with Gasteiger partial charge in [0.1, 0.15) is 0 Å². The van der Waals surface area contributed by atoms with Crippen molar-refractivity contribution in [2.75, 3.05) is 19.6 Å². The van der Waals surface area contributed by atoms with E-state index in [2.05, 4.69) is 51.6 Å². The van der Waals surface area contributed by atoms with Crippen LogP contribution in [-0.4, -0.2) is 51.2 Å². The van der Waals surface area contributed by atoms with E-state index in [1.165, 1.54) is 38.9 Å². The molecule has 1 aliphatic rings. The quantitative estimate of drug-likeness (QED) is 0.813. The first kappa shape index (κ1) is 14.4. The molecule has 0 bridgehead atoms. The molecule has 2 atom stereocenters. The first-order valence-corrected chi connectivity index (χ1v) is 7.42. The molecule has 1 fully saturated rings. The number of tetrazole rings is 1.